The van der Waals surface area contributed by atoms with Crippen molar-refractivity contribution < 1.29 is 31.5 Å². The fourth-order valence-corrected chi connectivity index (χ4v) is 2.28. The van der Waals surface area contributed by atoms with Crippen LogP contribution in [0.3, 0.4) is 0 Å². The van der Waals surface area contributed by atoms with E-state index in [1.807, 2.05) is 20.8 Å². The number of carbonyl (C=O) groups is 2. The van der Waals surface area contributed by atoms with E-state index in [4.69, 9.17) is 4.74 Å². The van der Waals surface area contributed by atoms with Crippen LogP contribution in [0.25, 0.3) is 0 Å². The highest BCUT2D eigenvalue weighted by Crippen LogP contribution is 2.18. The lowest BCUT2D eigenvalue weighted by molar-refractivity contribution is -0.125. The average Bonchev–Trinajstić information content (AvgIpc) is 2.52. The third-order valence-electron chi connectivity index (χ3n) is 3.38. The second-order valence-electron chi connectivity index (χ2n) is 5.51. The first-order valence-corrected chi connectivity index (χ1v) is 8.69. The lowest BCUT2D eigenvalue weighted by Crippen LogP contribution is -2.38. The molecule has 24 heavy (non-hydrogen) atoms. The minimum atomic E-state index is -4.72. The highest BCUT2D eigenvalue weighted by Gasteiger charge is 2.26. The van der Waals surface area contributed by atoms with Gasteiger partial charge in [-0.3, -0.25) is 4.79 Å². The summed E-state index contributed by atoms with van der Waals surface area (Å²) < 4.78 is 52.1. The third kappa shape index (κ3) is 5.26. The number of halogens is 2. The Morgan fingerprint density at radius 1 is 1.12 bits per heavy atom. The number of hydrogen-bond acceptors (Lipinski definition) is 5. The van der Waals surface area contributed by atoms with E-state index in [1.165, 1.54) is 0 Å². The van der Waals surface area contributed by atoms with E-state index in [1.54, 1.807) is 0 Å². The van der Waals surface area contributed by atoms with E-state index >= 15 is 0 Å². The molecule has 1 aromatic rings. The number of hydrogen-bond donors (Lipinski definition) is 1. The van der Waals surface area contributed by atoms with Crippen LogP contribution < -0.4 is 5.32 Å². The fraction of sp³-hybridized carbons (Fsp3) is 0.467. The molecule has 0 aliphatic heterocycles. The van der Waals surface area contributed by atoms with Gasteiger partial charge in [-0.05, 0) is 37.1 Å². The lowest BCUT2D eigenvalue weighted by atomic mass is 10.1. The van der Waals surface area contributed by atoms with Crippen LogP contribution in [-0.4, -0.2) is 38.7 Å². The Labute approximate surface area is 139 Å². The van der Waals surface area contributed by atoms with E-state index in [9.17, 15) is 26.8 Å². The van der Waals surface area contributed by atoms with Gasteiger partial charge in [0.15, 0.2) is 6.61 Å². The maximum Gasteiger partial charge on any atom is 0.341 e. The molecule has 0 aliphatic carbocycles. The number of esters is 1. The number of sulfone groups is 1. The summed E-state index contributed by atoms with van der Waals surface area (Å²) in [5, 5.41) is 2.65. The highest BCUT2D eigenvalue weighted by atomic mass is 32.2. The van der Waals surface area contributed by atoms with Gasteiger partial charge in [0.25, 0.3) is 5.91 Å². The van der Waals surface area contributed by atoms with Crippen LogP contribution in [0, 0.1) is 5.92 Å². The number of rotatable bonds is 7. The van der Waals surface area contributed by atoms with Crippen molar-refractivity contribution in [2.75, 3.05) is 6.61 Å². The SMILES string of the molecule is CC(C)[C@@H](C)NC(=O)COC(=O)c1ccc(S(=O)(=O)C(F)F)cc1. The largest absolute Gasteiger partial charge is 0.452 e. The number of amides is 1. The molecule has 1 atom stereocenters. The Morgan fingerprint density at radius 3 is 2.12 bits per heavy atom. The van der Waals surface area contributed by atoms with Crippen LogP contribution in [0.5, 0.6) is 0 Å². The van der Waals surface area contributed by atoms with E-state index < -0.39 is 39.0 Å². The molecule has 1 N–H and O–H groups in total. The highest BCUT2D eigenvalue weighted by molar-refractivity contribution is 7.91. The summed E-state index contributed by atoms with van der Waals surface area (Å²) in [6.45, 7) is 5.16. The zero-order valence-corrected chi connectivity index (χ0v) is 14.3. The van der Waals surface area contributed by atoms with E-state index in [2.05, 4.69) is 5.32 Å². The zero-order chi connectivity index (χ0) is 18.5. The van der Waals surface area contributed by atoms with Gasteiger partial charge in [0.05, 0.1) is 10.5 Å². The second kappa shape index (κ2) is 8.18. The minimum absolute atomic E-state index is 0.0482. The summed E-state index contributed by atoms with van der Waals surface area (Å²) in [5.41, 5.74) is -0.0482. The van der Waals surface area contributed by atoms with Crippen molar-refractivity contribution in [3.8, 4) is 0 Å². The number of ether oxygens (including phenoxy) is 1. The van der Waals surface area contributed by atoms with Gasteiger partial charge in [-0.2, -0.15) is 8.78 Å². The summed E-state index contributed by atoms with van der Waals surface area (Å²) >= 11 is 0. The van der Waals surface area contributed by atoms with E-state index in [0.29, 0.717) is 0 Å². The standard InChI is InChI=1S/C15H19F2NO5S/c1-9(2)10(3)18-13(19)8-23-14(20)11-4-6-12(7-5-11)24(21,22)15(16)17/h4-7,9-10,15H,8H2,1-3H3,(H,18,19)/t10-/m1/s1. The fourth-order valence-electron chi connectivity index (χ4n) is 1.56. The molecule has 1 rings (SSSR count). The number of nitrogens with one attached hydrogen (secondary N) is 1. The maximum atomic E-state index is 12.4. The topological polar surface area (TPSA) is 89.5 Å². The second-order valence-corrected chi connectivity index (χ2v) is 7.42. The Kier molecular flexibility index (Phi) is 6.82. The number of alkyl halides is 2. The average molecular weight is 363 g/mol. The number of carbonyl (C=O) groups excluding carboxylic acids is 2. The van der Waals surface area contributed by atoms with Crippen molar-refractivity contribution in [2.24, 2.45) is 5.92 Å². The third-order valence-corrected chi connectivity index (χ3v) is 4.77. The molecular weight excluding hydrogens is 344 g/mol. The first-order chi connectivity index (χ1) is 11.1. The Balaban J connectivity index is 2.65. The van der Waals surface area contributed by atoms with E-state index in [-0.39, 0.29) is 17.5 Å². The predicted molar refractivity (Wildman–Crippen MR) is 82.4 cm³/mol. The monoisotopic (exact) mass is 363 g/mol. The van der Waals surface area contributed by atoms with Gasteiger partial charge >= 0.3 is 11.7 Å². The summed E-state index contributed by atoms with van der Waals surface area (Å²) in [6.07, 6.45) is 0. The molecule has 0 aromatic heterocycles. The predicted octanol–water partition coefficient (Wildman–Crippen LogP) is 2.00. The van der Waals surface area contributed by atoms with Crippen LogP contribution in [0.2, 0.25) is 0 Å². The molecule has 6 nitrogen and oxygen atoms in total. The molecule has 0 fully saturated rings. The molecule has 0 saturated carbocycles. The molecule has 0 heterocycles. The van der Waals surface area contributed by atoms with Gasteiger partial charge in [0.1, 0.15) is 0 Å². The van der Waals surface area contributed by atoms with Crippen LogP contribution in [0.4, 0.5) is 8.78 Å². The molecular formula is C15H19F2NO5S. The Morgan fingerprint density at radius 2 is 1.67 bits per heavy atom. The first kappa shape index (κ1) is 20.0. The molecule has 0 aliphatic rings. The molecule has 0 radical (unpaired) electrons. The van der Waals surface area contributed by atoms with E-state index in [0.717, 1.165) is 24.3 Å². The Bertz CT molecular complexity index is 686. The van der Waals surface area contributed by atoms with Crippen molar-refractivity contribution >= 4 is 21.7 Å². The summed E-state index contributed by atoms with van der Waals surface area (Å²) in [6, 6.07) is 3.78. The molecule has 1 aromatic carbocycles. The van der Waals surface area contributed by atoms with Crippen LogP contribution in [-0.2, 0) is 19.4 Å². The van der Waals surface area contributed by atoms with Crippen molar-refractivity contribution in [1.29, 1.82) is 0 Å². The van der Waals surface area contributed by atoms with Gasteiger partial charge in [-0.15, -0.1) is 0 Å². The van der Waals surface area contributed by atoms with Crippen molar-refractivity contribution in [1.82, 2.24) is 5.32 Å². The quantitative estimate of drug-likeness (QED) is 0.749. The van der Waals surface area contributed by atoms with Crippen molar-refractivity contribution in [3.63, 3.8) is 0 Å². The smallest absolute Gasteiger partial charge is 0.341 e. The molecule has 9 heteroatoms. The molecule has 0 spiro atoms. The normalized spacial score (nSPS) is 13.0. The van der Waals surface area contributed by atoms with Gasteiger partial charge in [0.2, 0.25) is 9.84 Å². The van der Waals surface area contributed by atoms with Gasteiger partial charge in [0, 0.05) is 6.04 Å². The maximum absolute atomic E-state index is 12.4. The van der Waals surface area contributed by atoms with Crippen molar-refractivity contribution in [3.05, 3.63) is 29.8 Å². The van der Waals surface area contributed by atoms with Crippen LogP contribution >= 0.6 is 0 Å². The van der Waals surface area contributed by atoms with Crippen molar-refractivity contribution in [2.45, 2.75) is 37.5 Å². The van der Waals surface area contributed by atoms with Gasteiger partial charge in [-0.1, -0.05) is 13.8 Å². The van der Waals surface area contributed by atoms with Gasteiger partial charge in [-0.25, -0.2) is 13.2 Å². The molecule has 1 amide bonds. The molecule has 0 bridgehead atoms. The lowest BCUT2D eigenvalue weighted by Gasteiger charge is -2.17. The summed E-state index contributed by atoms with van der Waals surface area (Å²) in [5.74, 6) is -4.65. The molecule has 134 valence electrons. The van der Waals surface area contributed by atoms with Crippen LogP contribution in [0.1, 0.15) is 31.1 Å². The van der Waals surface area contributed by atoms with Gasteiger partial charge < -0.3 is 10.1 Å². The van der Waals surface area contributed by atoms with Crippen LogP contribution in [0.15, 0.2) is 29.2 Å². The summed E-state index contributed by atoms with van der Waals surface area (Å²) in [4.78, 5) is 22.8. The minimum Gasteiger partial charge on any atom is -0.452 e. The molecule has 0 unspecified atom stereocenters. The number of benzene rings is 1. The Hall–Kier alpha value is -2.03. The molecule has 0 saturated heterocycles. The zero-order valence-electron chi connectivity index (χ0n) is 13.5. The summed E-state index contributed by atoms with van der Waals surface area (Å²) in [7, 11) is -4.72. The first-order valence-electron chi connectivity index (χ1n) is 7.14.